The molecule has 0 saturated heterocycles. The molecule has 0 aromatic heterocycles. The van der Waals surface area contributed by atoms with Gasteiger partial charge in [0.25, 0.3) is 0 Å². The molecule has 0 fully saturated rings. The van der Waals surface area contributed by atoms with E-state index in [-0.39, 0.29) is 10.1 Å². The smallest absolute Gasteiger partial charge is 0.307 e. The van der Waals surface area contributed by atoms with Crippen LogP contribution in [0.25, 0.3) is 0 Å². The number of hydrogen-bond acceptors (Lipinski definition) is 4. The molecule has 0 heterocycles. The van der Waals surface area contributed by atoms with E-state index in [0.29, 0.717) is 0 Å². The molecule has 2 unspecified atom stereocenters. The summed E-state index contributed by atoms with van der Waals surface area (Å²) in [5, 5.41) is 8.81. The van der Waals surface area contributed by atoms with Gasteiger partial charge in [0.2, 0.25) is 0 Å². The average molecular weight is 288 g/mol. The molecular formula is C12H16O4S2. The Kier molecular flexibility index (Phi) is 4.81. The average Bonchev–Trinajstić information content (AvgIpc) is 2.27. The summed E-state index contributed by atoms with van der Waals surface area (Å²) in [6.45, 7) is 3.50. The van der Waals surface area contributed by atoms with Gasteiger partial charge in [-0.05, 0) is 24.3 Å². The zero-order valence-corrected chi connectivity index (χ0v) is 12.1. The number of thioether (sulfide) groups is 1. The highest BCUT2D eigenvalue weighted by Crippen LogP contribution is 2.28. The van der Waals surface area contributed by atoms with E-state index < -0.39 is 21.7 Å². The fourth-order valence-electron chi connectivity index (χ4n) is 1.28. The number of rotatable bonds is 5. The first-order valence-electron chi connectivity index (χ1n) is 5.41. The SMILES string of the molecule is CC(Sc1ccc(S(C)(=O)=O)cc1)C(C)C(=O)O. The van der Waals surface area contributed by atoms with Gasteiger partial charge < -0.3 is 5.11 Å². The maximum atomic E-state index is 11.3. The van der Waals surface area contributed by atoms with Gasteiger partial charge >= 0.3 is 5.97 Å². The fraction of sp³-hybridized carbons (Fsp3) is 0.417. The van der Waals surface area contributed by atoms with Crippen molar-refractivity contribution in [1.82, 2.24) is 0 Å². The van der Waals surface area contributed by atoms with Gasteiger partial charge in [0.05, 0.1) is 10.8 Å². The van der Waals surface area contributed by atoms with Gasteiger partial charge in [0.15, 0.2) is 9.84 Å². The molecule has 6 heteroatoms. The minimum Gasteiger partial charge on any atom is -0.481 e. The van der Waals surface area contributed by atoms with Crippen LogP contribution in [0.15, 0.2) is 34.1 Å². The zero-order chi connectivity index (χ0) is 13.9. The van der Waals surface area contributed by atoms with Gasteiger partial charge in [0.1, 0.15) is 0 Å². The summed E-state index contributed by atoms with van der Waals surface area (Å²) in [5.41, 5.74) is 0. The number of benzene rings is 1. The van der Waals surface area contributed by atoms with Gasteiger partial charge in [-0.15, -0.1) is 11.8 Å². The Morgan fingerprint density at radius 2 is 1.72 bits per heavy atom. The summed E-state index contributed by atoms with van der Waals surface area (Å²) in [6, 6.07) is 6.48. The summed E-state index contributed by atoms with van der Waals surface area (Å²) in [7, 11) is -3.18. The molecule has 0 radical (unpaired) electrons. The van der Waals surface area contributed by atoms with Crippen molar-refractivity contribution in [2.45, 2.75) is 28.9 Å². The van der Waals surface area contributed by atoms with Crippen LogP contribution in [0.2, 0.25) is 0 Å². The molecule has 0 aliphatic heterocycles. The van der Waals surface area contributed by atoms with E-state index in [2.05, 4.69) is 0 Å². The Bertz CT molecular complexity index is 520. The van der Waals surface area contributed by atoms with E-state index in [1.54, 1.807) is 19.1 Å². The standard InChI is InChI=1S/C12H16O4S2/c1-8(12(13)14)9(2)17-10-4-6-11(7-5-10)18(3,15)16/h4-9H,1-3H3,(H,13,14). The van der Waals surface area contributed by atoms with Crippen molar-refractivity contribution in [3.05, 3.63) is 24.3 Å². The molecule has 4 nitrogen and oxygen atoms in total. The molecule has 0 aliphatic carbocycles. The van der Waals surface area contributed by atoms with E-state index in [9.17, 15) is 13.2 Å². The van der Waals surface area contributed by atoms with Crippen LogP contribution in [0.5, 0.6) is 0 Å². The van der Waals surface area contributed by atoms with Crippen LogP contribution in [-0.2, 0) is 14.6 Å². The lowest BCUT2D eigenvalue weighted by molar-refractivity contribution is -0.140. The molecule has 1 rings (SSSR count). The largest absolute Gasteiger partial charge is 0.481 e. The molecule has 0 bridgehead atoms. The second-order valence-electron chi connectivity index (χ2n) is 4.19. The fourth-order valence-corrected chi connectivity index (χ4v) is 2.96. The van der Waals surface area contributed by atoms with Crippen LogP contribution < -0.4 is 0 Å². The minimum atomic E-state index is -3.18. The van der Waals surface area contributed by atoms with Gasteiger partial charge in [-0.1, -0.05) is 13.8 Å². The first kappa shape index (κ1) is 15.0. The van der Waals surface area contributed by atoms with Crippen molar-refractivity contribution in [3.8, 4) is 0 Å². The van der Waals surface area contributed by atoms with Crippen molar-refractivity contribution >= 4 is 27.6 Å². The minimum absolute atomic E-state index is 0.0772. The van der Waals surface area contributed by atoms with E-state index in [4.69, 9.17) is 5.11 Å². The topological polar surface area (TPSA) is 71.4 Å². The van der Waals surface area contributed by atoms with Crippen molar-refractivity contribution in [2.24, 2.45) is 5.92 Å². The summed E-state index contributed by atoms with van der Waals surface area (Å²) in [6.07, 6.45) is 1.16. The predicted octanol–water partition coefficient (Wildman–Crippen LogP) is 2.29. The van der Waals surface area contributed by atoms with Crippen LogP contribution in [0.3, 0.4) is 0 Å². The molecule has 1 aromatic carbocycles. The van der Waals surface area contributed by atoms with Gasteiger partial charge in [-0.25, -0.2) is 8.42 Å². The third kappa shape index (κ3) is 4.03. The number of sulfone groups is 1. The molecule has 0 spiro atoms. The number of aliphatic carboxylic acids is 1. The zero-order valence-electron chi connectivity index (χ0n) is 10.5. The summed E-state index contributed by atoms with van der Waals surface area (Å²) < 4.78 is 22.6. The Hall–Kier alpha value is -1.01. The summed E-state index contributed by atoms with van der Waals surface area (Å²) in [5.74, 6) is -1.28. The lowest BCUT2D eigenvalue weighted by atomic mass is 10.1. The molecule has 1 aromatic rings. The molecule has 0 aliphatic rings. The maximum absolute atomic E-state index is 11.3. The highest BCUT2D eigenvalue weighted by molar-refractivity contribution is 8.00. The van der Waals surface area contributed by atoms with Crippen LogP contribution in [-0.4, -0.2) is 31.0 Å². The monoisotopic (exact) mass is 288 g/mol. The Morgan fingerprint density at radius 3 is 2.11 bits per heavy atom. The number of carboxylic acids is 1. The highest BCUT2D eigenvalue weighted by Gasteiger charge is 2.20. The van der Waals surface area contributed by atoms with E-state index in [1.807, 2.05) is 6.92 Å². The molecular weight excluding hydrogens is 272 g/mol. The van der Waals surface area contributed by atoms with Gasteiger partial charge in [-0.2, -0.15) is 0 Å². The number of carbonyl (C=O) groups is 1. The van der Waals surface area contributed by atoms with E-state index in [1.165, 1.54) is 23.9 Å². The Labute approximate surface area is 111 Å². The van der Waals surface area contributed by atoms with Crippen molar-refractivity contribution in [1.29, 1.82) is 0 Å². The molecule has 2 atom stereocenters. The molecule has 0 amide bonds. The van der Waals surface area contributed by atoms with Gasteiger partial charge in [-0.3, -0.25) is 4.79 Å². The highest BCUT2D eigenvalue weighted by atomic mass is 32.2. The first-order chi connectivity index (χ1) is 8.21. The molecule has 1 N–H and O–H groups in total. The number of hydrogen-bond donors (Lipinski definition) is 1. The third-order valence-electron chi connectivity index (χ3n) is 2.67. The second kappa shape index (κ2) is 5.75. The molecule has 0 saturated carbocycles. The number of carboxylic acid groups (broad SMARTS) is 1. The lowest BCUT2D eigenvalue weighted by Crippen LogP contribution is -2.19. The van der Waals surface area contributed by atoms with Crippen molar-refractivity contribution in [3.63, 3.8) is 0 Å². The molecule has 100 valence electrons. The van der Waals surface area contributed by atoms with E-state index in [0.717, 1.165) is 11.2 Å². The normalized spacial score (nSPS) is 15.1. The third-order valence-corrected chi connectivity index (χ3v) is 5.12. The van der Waals surface area contributed by atoms with E-state index >= 15 is 0 Å². The van der Waals surface area contributed by atoms with Crippen molar-refractivity contribution < 1.29 is 18.3 Å². The predicted molar refractivity (Wildman–Crippen MR) is 71.7 cm³/mol. The summed E-state index contributed by atoms with van der Waals surface area (Å²) in [4.78, 5) is 12.0. The summed E-state index contributed by atoms with van der Waals surface area (Å²) >= 11 is 1.42. The van der Waals surface area contributed by atoms with Gasteiger partial charge in [0, 0.05) is 16.4 Å². The first-order valence-corrected chi connectivity index (χ1v) is 8.18. The lowest BCUT2D eigenvalue weighted by Gasteiger charge is -2.15. The van der Waals surface area contributed by atoms with Crippen LogP contribution >= 0.6 is 11.8 Å². The Morgan fingerprint density at radius 1 is 1.22 bits per heavy atom. The van der Waals surface area contributed by atoms with Crippen LogP contribution in [0.4, 0.5) is 0 Å². The second-order valence-corrected chi connectivity index (χ2v) is 7.66. The Balaban J connectivity index is 2.79. The quantitative estimate of drug-likeness (QED) is 0.842. The van der Waals surface area contributed by atoms with Crippen LogP contribution in [0, 0.1) is 5.92 Å². The van der Waals surface area contributed by atoms with Crippen LogP contribution in [0.1, 0.15) is 13.8 Å². The van der Waals surface area contributed by atoms with Crippen molar-refractivity contribution in [2.75, 3.05) is 6.26 Å². The maximum Gasteiger partial charge on any atom is 0.307 e. The molecule has 18 heavy (non-hydrogen) atoms.